The minimum atomic E-state index is -0.415. The maximum absolute atomic E-state index is 12.2. The summed E-state index contributed by atoms with van der Waals surface area (Å²) in [6, 6.07) is 9.34. The zero-order chi connectivity index (χ0) is 20.6. The smallest absolute Gasteiger partial charge is 0.306 e. The molecule has 8 heteroatoms. The lowest BCUT2D eigenvalue weighted by molar-refractivity contribution is -0.144. The minimum Gasteiger partial charge on any atom is -0.494 e. The number of fused-ring (bicyclic) bond motifs is 1. The number of hydrogen-bond acceptors (Lipinski definition) is 7. The SMILES string of the molecule is COC(=O)CC1Cc2ccc(OCCCNc3cc(N)ccn3)cc2CNC1=O. The van der Waals surface area contributed by atoms with Crippen molar-refractivity contribution < 1.29 is 19.1 Å². The second-order valence-electron chi connectivity index (χ2n) is 6.93. The zero-order valence-electron chi connectivity index (χ0n) is 16.4. The highest BCUT2D eigenvalue weighted by Gasteiger charge is 2.26. The average Bonchev–Trinajstić information content (AvgIpc) is 2.86. The van der Waals surface area contributed by atoms with E-state index < -0.39 is 5.92 Å². The Morgan fingerprint density at radius 2 is 2.17 bits per heavy atom. The Morgan fingerprint density at radius 1 is 1.31 bits per heavy atom. The molecule has 2 heterocycles. The van der Waals surface area contributed by atoms with Gasteiger partial charge in [-0.05, 0) is 42.2 Å². The summed E-state index contributed by atoms with van der Waals surface area (Å²) in [6.45, 7) is 1.68. The molecular formula is C21H26N4O4. The van der Waals surface area contributed by atoms with Crippen molar-refractivity contribution >= 4 is 23.4 Å². The molecule has 0 spiro atoms. The number of aromatic nitrogens is 1. The van der Waals surface area contributed by atoms with Gasteiger partial charge in [0.05, 0.1) is 26.1 Å². The minimum absolute atomic E-state index is 0.0783. The van der Waals surface area contributed by atoms with Crippen molar-refractivity contribution in [3.05, 3.63) is 47.7 Å². The van der Waals surface area contributed by atoms with Crippen LogP contribution in [0.15, 0.2) is 36.5 Å². The number of benzene rings is 1. The number of carbonyl (C=O) groups is 2. The number of rotatable bonds is 8. The fourth-order valence-corrected chi connectivity index (χ4v) is 3.21. The van der Waals surface area contributed by atoms with Crippen LogP contribution in [-0.4, -0.2) is 37.1 Å². The molecule has 1 amide bonds. The highest BCUT2D eigenvalue weighted by molar-refractivity contribution is 5.84. The molecule has 0 bridgehead atoms. The van der Waals surface area contributed by atoms with Gasteiger partial charge in [-0.15, -0.1) is 0 Å². The van der Waals surface area contributed by atoms with Crippen molar-refractivity contribution in [1.29, 1.82) is 0 Å². The molecule has 29 heavy (non-hydrogen) atoms. The van der Waals surface area contributed by atoms with Crippen molar-refractivity contribution in [2.24, 2.45) is 5.92 Å². The van der Waals surface area contributed by atoms with Gasteiger partial charge in [0.25, 0.3) is 0 Å². The molecule has 8 nitrogen and oxygen atoms in total. The first-order chi connectivity index (χ1) is 14.0. The van der Waals surface area contributed by atoms with Crippen molar-refractivity contribution in [3.8, 4) is 5.75 Å². The Morgan fingerprint density at radius 3 is 2.97 bits per heavy atom. The predicted molar refractivity (Wildman–Crippen MR) is 109 cm³/mol. The number of pyridine rings is 1. The van der Waals surface area contributed by atoms with Gasteiger partial charge in [-0.2, -0.15) is 0 Å². The molecule has 1 aliphatic rings. The van der Waals surface area contributed by atoms with E-state index in [9.17, 15) is 9.59 Å². The predicted octanol–water partition coefficient (Wildman–Crippen LogP) is 1.90. The lowest BCUT2D eigenvalue weighted by Crippen LogP contribution is -2.30. The van der Waals surface area contributed by atoms with E-state index in [0.29, 0.717) is 31.8 Å². The largest absolute Gasteiger partial charge is 0.494 e. The van der Waals surface area contributed by atoms with E-state index in [4.69, 9.17) is 15.2 Å². The number of hydrogen-bond donors (Lipinski definition) is 3. The third-order valence-corrected chi connectivity index (χ3v) is 4.79. The van der Waals surface area contributed by atoms with Gasteiger partial charge in [0.15, 0.2) is 0 Å². The molecule has 1 unspecified atom stereocenters. The van der Waals surface area contributed by atoms with E-state index in [0.717, 1.165) is 29.1 Å². The normalized spacial score (nSPS) is 15.6. The third-order valence-electron chi connectivity index (χ3n) is 4.79. The highest BCUT2D eigenvalue weighted by Crippen LogP contribution is 2.25. The number of ether oxygens (including phenoxy) is 2. The van der Waals surface area contributed by atoms with Crippen molar-refractivity contribution in [2.75, 3.05) is 31.3 Å². The fourth-order valence-electron chi connectivity index (χ4n) is 3.21. The summed E-state index contributed by atoms with van der Waals surface area (Å²) in [4.78, 5) is 28.0. The van der Waals surface area contributed by atoms with Crippen LogP contribution < -0.4 is 21.1 Å². The van der Waals surface area contributed by atoms with E-state index in [-0.39, 0.29) is 18.3 Å². The zero-order valence-corrected chi connectivity index (χ0v) is 16.4. The second-order valence-corrected chi connectivity index (χ2v) is 6.93. The molecule has 1 atom stereocenters. The Kier molecular flexibility index (Phi) is 6.89. The molecule has 1 aromatic heterocycles. The first-order valence-corrected chi connectivity index (χ1v) is 9.59. The summed E-state index contributed by atoms with van der Waals surface area (Å²) in [6.07, 6.45) is 3.05. The van der Waals surface area contributed by atoms with Gasteiger partial charge in [0, 0.05) is 31.0 Å². The van der Waals surface area contributed by atoms with Gasteiger partial charge < -0.3 is 25.8 Å². The molecule has 154 valence electrons. The third kappa shape index (κ3) is 5.84. The highest BCUT2D eigenvalue weighted by atomic mass is 16.5. The number of nitrogen functional groups attached to an aromatic ring is 1. The van der Waals surface area contributed by atoms with Gasteiger partial charge in [0.1, 0.15) is 11.6 Å². The van der Waals surface area contributed by atoms with Crippen LogP contribution in [0.5, 0.6) is 5.75 Å². The molecule has 0 radical (unpaired) electrons. The number of nitrogens with one attached hydrogen (secondary N) is 2. The van der Waals surface area contributed by atoms with Gasteiger partial charge in [-0.25, -0.2) is 4.98 Å². The number of nitrogens with zero attached hydrogens (tertiary/aromatic N) is 1. The molecule has 1 aliphatic heterocycles. The summed E-state index contributed by atoms with van der Waals surface area (Å²) in [5, 5.41) is 6.08. The van der Waals surface area contributed by atoms with Gasteiger partial charge in [-0.3, -0.25) is 9.59 Å². The molecule has 0 fully saturated rings. The van der Waals surface area contributed by atoms with Crippen LogP contribution in [0, 0.1) is 5.92 Å². The van der Waals surface area contributed by atoms with Crippen LogP contribution in [0.2, 0.25) is 0 Å². The molecule has 2 aromatic rings. The number of nitrogens with two attached hydrogens (primary N) is 1. The summed E-state index contributed by atoms with van der Waals surface area (Å²) in [5.74, 6) is 0.576. The maximum atomic E-state index is 12.2. The van der Waals surface area contributed by atoms with Gasteiger partial charge >= 0.3 is 5.97 Å². The monoisotopic (exact) mass is 398 g/mol. The number of anilines is 2. The van der Waals surface area contributed by atoms with Crippen LogP contribution in [0.25, 0.3) is 0 Å². The molecule has 4 N–H and O–H groups in total. The van der Waals surface area contributed by atoms with Gasteiger partial charge in [-0.1, -0.05) is 6.07 Å². The van der Waals surface area contributed by atoms with E-state index in [1.54, 1.807) is 18.3 Å². The molecule has 0 saturated carbocycles. The molecular weight excluding hydrogens is 372 g/mol. The average molecular weight is 398 g/mol. The lowest BCUT2D eigenvalue weighted by atomic mass is 9.94. The summed E-state index contributed by atoms with van der Waals surface area (Å²) in [5.41, 5.74) is 8.44. The Hall–Kier alpha value is -3.29. The molecule has 3 rings (SSSR count). The maximum Gasteiger partial charge on any atom is 0.306 e. The van der Waals surface area contributed by atoms with Gasteiger partial charge in [0.2, 0.25) is 5.91 Å². The van der Waals surface area contributed by atoms with Crippen LogP contribution in [0.4, 0.5) is 11.5 Å². The quantitative estimate of drug-likeness (QED) is 0.459. The second kappa shape index (κ2) is 9.77. The van der Waals surface area contributed by atoms with E-state index in [1.807, 2.05) is 18.2 Å². The van der Waals surface area contributed by atoms with Crippen LogP contribution in [0.1, 0.15) is 24.0 Å². The molecule has 0 aliphatic carbocycles. The van der Waals surface area contributed by atoms with E-state index >= 15 is 0 Å². The fraction of sp³-hybridized carbons (Fsp3) is 0.381. The summed E-state index contributed by atoms with van der Waals surface area (Å²) < 4.78 is 10.5. The number of methoxy groups -OCH3 is 1. The Balaban J connectivity index is 1.50. The topological polar surface area (TPSA) is 116 Å². The molecule has 1 aromatic carbocycles. The first kappa shape index (κ1) is 20.4. The lowest BCUT2D eigenvalue weighted by Gasteiger charge is -2.13. The summed E-state index contributed by atoms with van der Waals surface area (Å²) >= 11 is 0. The number of amides is 1. The van der Waals surface area contributed by atoms with Crippen molar-refractivity contribution in [1.82, 2.24) is 10.3 Å². The standard InChI is InChI=1S/C21H26N4O4/c1-28-20(26)11-15-9-14-3-4-18(10-16(14)13-25-21(15)27)29-8-2-6-23-19-12-17(22)5-7-24-19/h3-5,7,10,12,15H,2,6,8-9,11,13H2,1H3,(H,25,27)(H3,22,23,24). The van der Waals surface area contributed by atoms with Crippen LogP contribution >= 0.6 is 0 Å². The van der Waals surface area contributed by atoms with Crippen molar-refractivity contribution in [3.63, 3.8) is 0 Å². The number of esters is 1. The number of carbonyl (C=O) groups excluding carboxylic acids is 2. The van der Waals surface area contributed by atoms with Crippen LogP contribution in [-0.2, 0) is 27.3 Å². The van der Waals surface area contributed by atoms with Crippen LogP contribution in [0.3, 0.4) is 0 Å². The molecule has 0 saturated heterocycles. The Labute approximate surface area is 169 Å². The first-order valence-electron chi connectivity index (χ1n) is 9.59. The summed E-state index contributed by atoms with van der Waals surface area (Å²) in [7, 11) is 1.33. The van der Waals surface area contributed by atoms with E-state index in [2.05, 4.69) is 15.6 Å². The van der Waals surface area contributed by atoms with E-state index in [1.165, 1.54) is 7.11 Å². The van der Waals surface area contributed by atoms with Crippen molar-refractivity contribution in [2.45, 2.75) is 25.8 Å². The Bertz CT molecular complexity index is 872.